The summed E-state index contributed by atoms with van der Waals surface area (Å²) in [5, 5.41) is 58.9. The van der Waals surface area contributed by atoms with Crippen molar-refractivity contribution < 1.29 is 23.7 Å². The lowest BCUT2D eigenvalue weighted by atomic mass is 9.76. The van der Waals surface area contributed by atoms with E-state index in [-0.39, 0.29) is 29.8 Å². The number of nitriles is 7. The lowest BCUT2D eigenvalue weighted by molar-refractivity contribution is -0.0569. The Morgan fingerprint density at radius 2 is 1.04 bits per heavy atom. The summed E-state index contributed by atoms with van der Waals surface area (Å²) in [4.78, 5) is 19.1. The van der Waals surface area contributed by atoms with E-state index in [4.69, 9.17) is 106 Å². The number of ether oxygens (including phenoxy) is 5. The first-order valence-corrected chi connectivity index (χ1v) is 23.1. The fraction of sp³-hybridized carbons (Fsp3) is 0.712. The zero-order valence-corrected chi connectivity index (χ0v) is 41.9. The average molecular weight is 958 g/mol. The minimum atomic E-state index is -0.644. The van der Waals surface area contributed by atoms with Crippen molar-refractivity contribution in [2.45, 2.75) is 136 Å². The molecule has 0 aromatic rings. The van der Waals surface area contributed by atoms with Crippen molar-refractivity contribution in [3.63, 3.8) is 0 Å². The molecule has 0 aliphatic heterocycles. The zero-order chi connectivity index (χ0) is 53.9. The average Bonchev–Trinajstić information content (AvgIpc) is 3.39. The van der Waals surface area contributed by atoms with E-state index in [2.05, 4.69) is 54.1 Å². The highest BCUT2D eigenvalue weighted by Gasteiger charge is 2.36. The molecular formula is C52H71N13O5. The van der Waals surface area contributed by atoms with Crippen molar-refractivity contribution >= 4 is 0 Å². The molecule has 70 heavy (non-hydrogen) atoms. The van der Waals surface area contributed by atoms with Gasteiger partial charge in [-0.1, -0.05) is 13.8 Å². The molecule has 0 bridgehead atoms. The van der Waals surface area contributed by atoms with Gasteiger partial charge in [0.1, 0.15) is 18.6 Å². The van der Waals surface area contributed by atoms with Crippen LogP contribution in [0.5, 0.6) is 0 Å². The summed E-state index contributed by atoms with van der Waals surface area (Å²) >= 11 is 0. The van der Waals surface area contributed by atoms with Crippen LogP contribution in [0.25, 0.3) is 29.1 Å². The highest BCUT2D eigenvalue weighted by atomic mass is 16.6. The van der Waals surface area contributed by atoms with Gasteiger partial charge in [0, 0.05) is 37.7 Å². The van der Waals surface area contributed by atoms with Gasteiger partial charge in [-0.2, -0.15) is 36.8 Å². The maximum atomic E-state index is 8.81. The Labute approximate surface area is 420 Å². The van der Waals surface area contributed by atoms with Crippen LogP contribution in [-0.2, 0) is 23.7 Å². The van der Waals surface area contributed by atoms with Gasteiger partial charge in [0.25, 0.3) is 0 Å². The van der Waals surface area contributed by atoms with Gasteiger partial charge in [-0.3, -0.25) is 9.69 Å². The first kappa shape index (κ1) is 71.7. The Balaban J connectivity index is -0.000000249. The van der Waals surface area contributed by atoms with Gasteiger partial charge < -0.3 is 33.4 Å². The molecule has 18 nitrogen and oxygen atoms in total. The van der Waals surface area contributed by atoms with Crippen LogP contribution in [0.3, 0.4) is 0 Å². The second-order valence-electron chi connectivity index (χ2n) is 15.1. The maximum absolute atomic E-state index is 8.81. The third-order valence-corrected chi connectivity index (χ3v) is 9.24. The molecule has 0 aromatic carbocycles. The molecule has 0 radical (unpaired) electrons. The van der Waals surface area contributed by atoms with Crippen LogP contribution in [0.15, 0.2) is 0 Å². The van der Waals surface area contributed by atoms with E-state index in [0.717, 1.165) is 45.1 Å². The molecule has 1 aliphatic rings. The van der Waals surface area contributed by atoms with Gasteiger partial charge >= 0.3 is 18.2 Å². The van der Waals surface area contributed by atoms with Gasteiger partial charge in [0.05, 0.1) is 102 Å². The molecule has 0 amide bonds. The van der Waals surface area contributed by atoms with Crippen molar-refractivity contribution in [1.29, 1.82) is 36.8 Å². The van der Waals surface area contributed by atoms with E-state index in [1.54, 1.807) is 13.8 Å². The van der Waals surface area contributed by atoms with Gasteiger partial charge in [0.2, 0.25) is 13.1 Å². The third-order valence-electron chi connectivity index (χ3n) is 9.24. The Morgan fingerprint density at radius 1 is 0.529 bits per heavy atom. The van der Waals surface area contributed by atoms with E-state index < -0.39 is 18.2 Å². The molecule has 0 heterocycles. The maximum Gasteiger partial charge on any atom is 0.477 e. The topological polar surface area (TPSA) is 239 Å². The summed E-state index contributed by atoms with van der Waals surface area (Å²) in [6.07, 6.45) is 13.1. The molecule has 0 saturated heterocycles. The van der Waals surface area contributed by atoms with Crippen LogP contribution in [0.4, 0.5) is 0 Å². The molecular weight excluding hydrogens is 887 g/mol. The van der Waals surface area contributed by atoms with E-state index in [1.165, 1.54) is 0 Å². The third kappa shape index (κ3) is 51.7. The number of hydrogen-bond donors (Lipinski definition) is 0. The van der Waals surface area contributed by atoms with E-state index >= 15 is 0 Å². The van der Waals surface area contributed by atoms with Gasteiger partial charge in [0.15, 0.2) is 12.1 Å². The molecule has 1 aliphatic carbocycles. The minimum absolute atomic E-state index is 0.0485. The predicted octanol–water partition coefficient (Wildman–Crippen LogP) is 10.1. The highest BCUT2D eigenvalue weighted by molar-refractivity contribution is 5.02. The largest absolute Gasteiger partial charge is 0.477 e. The molecule has 0 aromatic heterocycles. The predicted molar refractivity (Wildman–Crippen MR) is 263 cm³/mol. The van der Waals surface area contributed by atoms with Crippen LogP contribution in [-0.4, -0.2) is 96.9 Å². The van der Waals surface area contributed by atoms with Gasteiger partial charge in [-0.15, -0.1) is 12.3 Å². The van der Waals surface area contributed by atoms with Crippen molar-refractivity contribution in [3.05, 3.63) is 68.5 Å². The molecule has 374 valence electrons. The van der Waals surface area contributed by atoms with Crippen LogP contribution in [0.1, 0.15) is 112 Å². The molecule has 0 spiro atoms. The second kappa shape index (κ2) is 59.7. The number of hydrogen-bond acceptors (Lipinski definition) is 12. The lowest BCUT2D eigenvalue weighted by Gasteiger charge is -2.26. The monoisotopic (exact) mass is 958 g/mol. The Morgan fingerprint density at radius 3 is 1.43 bits per heavy atom. The lowest BCUT2D eigenvalue weighted by Crippen LogP contribution is -2.26. The summed E-state index contributed by atoms with van der Waals surface area (Å²) in [7, 11) is 0. The SMILES string of the molecule is C#CCCOC(COCCC#N)COCCC#N.[C-]#[N+]C(C#N)CC(C)C#N.[C-]#[N+]C(C#N)CCC(C)C#N.[C-]#[N+]C([N+]#[C-])C1CCC(C(C)C#N)CC1.[C-]#[N+]CCC.[C-]#[N+]CCOCCOCCC. The number of rotatable bonds is 26. The van der Waals surface area contributed by atoms with Gasteiger partial charge in [-0.05, 0) is 65.2 Å². The Kier molecular flexibility index (Phi) is 61.2. The first-order chi connectivity index (χ1) is 33.9. The normalized spacial score (nSPS) is 14.4. The summed E-state index contributed by atoms with van der Waals surface area (Å²) in [6.45, 7) is 54.8. The van der Waals surface area contributed by atoms with E-state index in [9.17, 15) is 0 Å². The first-order valence-electron chi connectivity index (χ1n) is 23.1. The quantitative estimate of drug-likeness (QED) is 0.0447. The molecule has 18 heteroatoms. The highest BCUT2D eigenvalue weighted by Crippen LogP contribution is 2.35. The standard InChI is InChI=1S/C13H18N2O3.C12H15N3.C8H9N3.C8H15NO2.C7H7N3.C4H7N/c1-2-3-10-18-13(11-16-8-4-6-14)12-17-9-5-7-15;1-9(8-13)10-4-6-11(7-5-10)12(14-2)15-3;1-7(5-9)3-4-8(6-10)11-2;1-3-5-10-7-8-11-6-4-9-2;1-6(4-8)3-7(5-9)10-2;1-3-4-5-2/h1,13H,3-5,8-12H2;9-12H,4-7H2,1H3;7-8H,3-4H2,1H3;3-8H2,1H3;6-7H,3H2,1H3;3-4H2,1H3. The molecule has 1 saturated carbocycles. The van der Waals surface area contributed by atoms with Crippen molar-refractivity contribution in [3.8, 4) is 54.8 Å². The number of nitrogens with zero attached hydrogens (tertiary/aromatic N) is 13. The Hall–Kier alpha value is -7.27. The van der Waals surface area contributed by atoms with Crippen molar-refractivity contribution in [2.75, 3.05) is 72.6 Å². The smallest absolute Gasteiger partial charge is 0.379 e. The van der Waals surface area contributed by atoms with Crippen LogP contribution in [0, 0.1) is 161 Å². The van der Waals surface area contributed by atoms with Gasteiger partial charge in [-0.25, -0.2) is 49.1 Å². The van der Waals surface area contributed by atoms with Crippen LogP contribution < -0.4 is 0 Å². The fourth-order valence-electron chi connectivity index (χ4n) is 5.22. The van der Waals surface area contributed by atoms with Crippen molar-refractivity contribution in [2.24, 2.45) is 29.6 Å². The van der Waals surface area contributed by atoms with Crippen LogP contribution in [0.2, 0.25) is 0 Å². The molecule has 1 fully saturated rings. The summed E-state index contributed by atoms with van der Waals surface area (Å²) in [5.74, 6) is 3.07. The molecule has 5 atom stereocenters. The minimum Gasteiger partial charge on any atom is -0.379 e. The molecule has 5 unspecified atom stereocenters. The fourth-order valence-corrected chi connectivity index (χ4v) is 5.22. The molecule has 1 rings (SSSR count). The Bertz CT molecular complexity index is 1850. The van der Waals surface area contributed by atoms with Crippen LogP contribution >= 0.6 is 0 Å². The summed E-state index contributed by atoms with van der Waals surface area (Å²) < 4.78 is 26.3. The van der Waals surface area contributed by atoms with E-state index in [0.29, 0.717) is 110 Å². The summed E-state index contributed by atoms with van der Waals surface area (Å²) in [6, 6.07) is 12.8. The van der Waals surface area contributed by atoms with E-state index in [1.807, 2.05) is 44.2 Å². The second-order valence-corrected chi connectivity index (χ2v) is 15.1. The zero-order valence-electron chi connectivity index (χ0n) is 41.9. The summed E-state index contributed by atoms with van der Waals surface area (Å²) in [5.41, 5.74) is 0. The molecule has 0 N–H and O–H groups in total. The number of terminal acetylenes is 1. The van der Waals surface area contributed by atoms with Crippen molar-refractivity contribution in [1.82, 2.24) is 0 Å².